The fourth-order valence-electron chi connectivity index (χ4n) is 1.47. The summed E-state index contributed by atoms with van der Waals surface area (Å²) in [4.78, 5) is 35.3. The number of esters is 1. The van der Waals surface area contributed by atoms with Crippen LogP contribution in [-0.4, -0.2) is 41.8 Å². The third-order valence-corrected chi connectivity index (χ3v) is 2.31. The largest absolute Gasteiger partial charge is 0.465 e. The van der Waals surface area contributed by atoms with Crippen LogP contribution < -0.4 is 0 Å². The Hall–Kier alpha value is -1.39. The van der Waals surface area contributed by atoms with Crippen LogP contribution >= 0.6 is 0 Å². The van der Waals surface area contributed by atoms with Crippen molar-refractivity contribution >= 4 is 17.7 Å². The number of rotatable bonds is 6. The molecule has 1 aliphatic rings. The molecule has 0 saturated heterocycles. The summed E-state index contributed by atoms with van der Waals surface area (Å²) in [6, 6.07) is 0.122. The summed E-state index contributed by atoms with van der Waals surface area (Å²) >= 11 is 0. The van der Waals surface area contributed by atoms with Crippen molar-refractivity contribution in [2.24, 2.45) is 0 Å². The number of amides is 1. The van der Waals surface area contributed by atoms with Crippen LogP contribution in [0.1, 0.15) is 33.1 Å². The van der Waals surface area contributed by atoms with Crippen LogP contribution in [0.3, 0.4) is 0 Å². The van der Waals surface area contributed by atoms with E-state index in [2.05, 4.69) is 0 Å². The first kappa shape index (κ1) is 12.7. The fourth-order valence-corrected chi connectivity index (χ4v) is 1.47. The third kappa shape index (κ3) is 4.00. The molecule has 0 aromatic heterocycles. The maximum absolute atomic E-state index is 11.7. The SMILES string of the molecule is CCOC(=O)CN(C(=O)CC(C)=O)C1CC1. The van der Waals surface area contributed by atoms with Crippen LogP contribution in [0.25, 0.3) is 0 Å². The first-order chi connectivity index (χ1) is 7.54. The van der Waals surface area contributed by atoms with Crippen molar-refractivity contribution in [2.75, 3.05) is 13.2 Å². The second kappa shape index (κ2) is 5.63. The molecule has 0 bridgehead atoms. The molecule has 0 aromatic rings. The van der Waals surface area contributed by atoms with Crippen LogP contribution in [0.2, 0.25) is 0 Å². The van der Waals surface area contributed by atoms with E-state index in [1.807, 2.05) is 0 Å². The average Bonchev–Trinajstić information content (AvgIpc) is 2.96. The van der Waals surface area contributed by atoms with Crippen LogP contribution in [0.5, 0.6) is 0 Å². The predicted molar refractivity (Wildman–Crippen MR) is 56.7 cm³/mol. The molecule has 0 atom stereocenters. The molecule has 90 valence electrons. The molecule has 0 radical (unpaired) electrons. The van der Waals surface area contributed by atoms with Crippen molar-refractivity contribution in [1.29, 1.82) is 0 Å². The van der Waals surface area contributed by atoms with Crippen molar-refractivity contribution < 1.29 is 19.1 Å². The van der Waals surface area contributed by atoms with Gasteiger partial charge in [-0.25, -0.2) is 0 Å². The summed E-state index contributed by atoms with van der Waals surface area (Å²) in [5, 5.41) is 0. The third-order valence-electron chi connectivity index (χ3n) is 2.31. The van der Waals surface area contributed by atoms with Crippen LogP contribution in [0.15, 0.2) is 0 Å². The molecule has 1 fully saturated rings. The van der Waals surface area contributed by atoms with Crippen LogP contribution in [0, 0.1) is 0 Å². The van der Waals surface area contributed by atoms with Gasteiger partial charge in [-0.05, 0) is 26.7 Å². The number of hydrogen-bond acceptors (Lipinski definition) is 4. The minimum atomic E-state index is -0.411. The number of Topliss-reactive ketones (excluding diaryl/α,β-unsaturated/α-hetero) is 1. The molecule has 5 heteroatoms. The van der Waals surface area contributed by atoms with Gasteiger partial charge in [0, 0.05) is 6.04 Å². The lowest BCUT2D eigenvalue weighted by Crippen LogP contribution is -2.38. The molecule has 0 unspecified atom stereocenters. The van der Waals surface area contributed by atoms with E-state index in [-0.39, 0.29) is 30.7 Å². The first-order valence-electron chi connectivity index (χ1n) is 5.49. The van der Waals surface area contributed by atoms with Gasteiger partial charge in [-0.3, -0.25) is 14.4 Å². The molecular weight excluding hydrogens is 210 g/mol. The molecule has 0 aromatic carbocycles. The lowest BCUT2D eigenvalue weighted by Gasteiger charge is -2.20. The molecule has 0 N–H and O–H groups in total. The monoisotopic (exact) mass is 227 g/mol. The molecule has 0 spiro atoms. The average molecular weight is 227 g/mol. The Morgan fingerprint density at radius 2 is 1.94 bits per heavy atom. The van der Waals surface area contributed by atoms with Gasteiger partial charge >= 0.3 is 5.97 Å². The molecule has 1 amide bonds. The summed E-state index contributed by atoms with van der Waals surface area (Å²) in [7, 11) is 0. The van der Waals surface area contributed by atoms with Gasteiger partial charge in [-0.1, -0.05) is 0 Å². The summed E-state index contributed by atoms with van der Waals surface area (Å²) in [5.41, 5.74) is 0. The number of ether oxygens (including phenoxy) is 1. The highest BCUT2D eigenvalue weighted by Gasteiger charge is 2.34. The van der Waals surface area contributed by atoms with Crippen LogP contribution in [-0.2, 0) is 19.1 Å². The highest BCUT2D eigenvalue weighted by Crippen LogP contribution is 2.27. The normalized spacial score (nSPS) is 14.4. The van der Waals surface area contributed by atoms with Gasteiger partial charge in [0.1, 0.15) is 12.3 Å². The van der Waals surface area contributed by atoms with E-state index in [1.54, 1.807) is 6.92 Å². The number of hydrogen-bond donors (Lipinski definition) is 0. The summed E-state index contributed by atoms with van der Waals surface area (Å²) < 4.78 is 4.79. The minimum absolute atomic E-state index is 0.0371. The van der Waals surface area contributed by atoms with E-state index in [4.69, 9.17) is 4.74 Å². The van der Waals surface area contributed by atoms with Gasteiger partial charge in [0.15, 0.2) is 0 Å². The van der Waals surface area contributed by atoms with Crippen molar-refractivity contribution in [3.63, 3.8) is 0 Å². The molecule has 16 heavy (non-hydrogen) atoms. The molecule has 1 aliphatic carbocycles. The summed E-state index contributed by atoms with van der Waals surface area (Å²) in [6.45, 7) is 3.35. The lowest BCUT2D eigenvalue weighted by molar-refractivity contribution is -0.150. The Labute approximate surface area is 94.7 Å². The van der Waals surface area contributed by atoms with Crippen LogP contribution in [0.4, 0.5) is 0 Å². The van der Waals surface area contributed by atoms with Gasteiger partial charge in [-0.2, -0.15) is 0 Å². The molecule has 0 heterocycles. The topological polar surface area (TPSA) is 63.7 Å². The number of carbonyl (C=O) groups is 3. The Morgan fingerprint density at radius 3 is 2.38 bits per heavy atom. The lowest BCUT2D eigenvalue weighted by atomic mass is 10.2. The smallest absolute Gasteiger partial charge is 0.325 e. The number of nitrogens with zero attached hydrogens (tertiary/aromatic N) is 1. The van der Waals surface area contributed by atoms with Crippen molar-refractivity contribution in [3.8, 4) is 0 Å². The maximum Gasteiger partial charge on any atom is 0.325 e. The zero-order valence-corrected chi connectivity index (χ0v) is 9.69. The number of ketones is 1. The van der Waals surface area contributed by atoms with Gasteiger partial charge in [-0.15, -0.1) is 0 Å². The van der Waals surface area contributed by atoms with E-state index < -0.39 is 5.97 Å². The zero-order chi connectivity index (χ0) is 12.1. The van der Waals surface area contributed by atoms with Crippen molar-refractivity contribution in [1.82, 2.24) is 4.90 Å². The standard InChI is InChI=1S/C11H17NO4/c1-3-16-11(15)7-12(9-4-5-9)10(14)6-8(2)13/h9H,3-7H2,1-2H3. The second-order valence-electron chi connectivity index (χ2n) is 3.94. The molecule has 0 aliphatic heterocycles. The van der Waals surface area contributed by atoms with Crippen molar-refractivity contribution in [2.45, 2.75) is 39.2 Å². The Bertz CT molecular complexity index is 296. The van der Waals surface area contributed by atoms with E-state index in [1.165, 1.54) is 11.8 Å². The van der Waals surface area contributed by atoms with E-state index in [9.17, 15) is 14.4 Å². The fraction of sp³-hybridized carbons (Fsp3) is 0.727. The summed E-state index contributed by atoms with van der Waals surface area (Å²) in [5.74, 6) is -0.867. The van der Waals surface area contributed by atoms with E-state index in [0.29, 0.717) is 6.61 Å². The minimum Gasteiger partial charge on any atom is -0.465 e. The zero-order valence-electron chi connectivity index (χ0n) is 9.69. The van der Waals surface area contributed by atoms with Crippen molar-refractivity contribution in [3.05, 3.63) is 0 Å². The predicted octanol–water partition coefficient (Wildman–Crippen LogP) is 0.520. The van der Waals surface area contributed by atoms with Gasteiger partial charge in [0.05, 0.1) is 13.0 Å². The Kier molecular flexibility index (Phi) is 4.46. The highest BCUT2D eigenvalue weighted by molar-refractivity contribution is 5.98. The quantitative estimate of drug-likeness (QED) is 0.490. The first-order valence-corrected chi connectivity index (χ1v) is 5.49. The number of carbonyl (C=O) groups excluding carboxylic acids is 3. The summed E-state index contributed by atoms with van der Waals surface area (Å²) in [6.07, 6.45) is 1.68. The second-order valence-corrected chi connectivity index (χ2v) is 3.94. The van der Waals surface area contributed by atoms with Gasteiger partial charge in [0.2, 0.25) is 5.91 Å². The molecular formula is C11H17NO4. The van der Waals surface area contributed by atoms with E-state index in [0.717, 1.165) is 12.8 Å². The Morgan fingerprint density at radius 1 is 1.31 bits per heavy atom. The molecule has 1 rings (SSSR count). The Balaban J connectivity index is 2.50. The molecule has 1 saturated carbocycles. The maximum atomic E-state index is 11.7. The molecule has 5 nitrogen and oxygen atoms in total. The van der Waals surface area contributed by atoms with E-state index >= 15 is 0 Å². The van der Waals surface area contributed by atoms with Gasteiger partial charge in [0.25, 0.3) is 0 Å². The highest BCUT2D eigenvalue weighted by atomic mass is 16.5. The van der Waals surface area contributed by atoms with Gasteiger partial charge < -0.3 is 9.64 Å².